The van der Waals surface area contributed by atoms with Crippen molar-refractivity contribution in [1.82, 2.24) is 18.8 Å². The number of nitrogens with one attached hydrogen (secondary N) is 1. The van der Waals surface area contributed by atoms with Crippen LogP contribution in [0.2, 0.25) is 5.02 Å². The molecule has 2 fully saturated rings. The Hall–Kier alpha value is -3.34. The maximum absolute atomic E-state index is 13.9. The van der Waals surface area contributed by atoms with Gasteiger partial charge in [0.2, 0.25) is 5.91 Å². The Morgan fingerprint density at radius 3 is 2.64 bits per heavy atom. The number of aryl methyl sites for hydroxylation is 1. The highest BCUT2D eigenvalue weighted by molar-refractivity contribution is 7.87. The first kappa shape index (κ1) is 40.8. The highest BCUT2D eigenvalue weighted by Crippen LogP contribution is 2.48. The van der Waals surface area contributed by atoms with Crippen LogP contribution in [0.25, 0.3) is 0 Å². The summed E-state index contributed by atoms with van der Waals surface area (Å²) in [7, 11) is -0.249. The predicted molar refractivity (Wildman–Crippen MR) is 208 cm³/mol. The van der Waals surface area contributed by atoms with Crippen LogP contribution in [0.3, 0.4) is 0 Å². The average Bonchev–Trinajstić information content (AvgIpc) is 3.26. The zero-order valence-corrected chi connectivity index (χ0v) is 33.8. The molecule has 1 saturated carbocycles. The molecule has 306 valence electrons. The topological polar surface area (TPSA) is 132 Å². The zero-order valence-electron chi connectivity index (χ0n) is 32.2. The Labute approximate surface area is 332 Å². The van der Waals surface area contributed by atoms with Crippen molar-refractivity contribution in [2.45, 2.75) is 68.0 Å². The van der Waals surface area contributed by atoms with Crippen LogP contribution in [0.5, 0.6) is 5.75 Å². The lowest BCUT2D eigenvalue weighted by molar-refractivity contribution is -0.148. The predicted octanol–water partition coefficient (Wildman–Crippen LogP) is 4.09. The number of carbonyl (C=O) groups is 2. The first-order valence-electron chi connectivity index (χ1n) is 19.4. The quantitative estimate of drug-likeness (QED) is 0.397. The second kappa shape index (κ2) is 15.8. The summed E-state index contributed by atoms with van der Waals surface area (Å²) in [6.07, 6.45) is 7.94. The van der Waals surface area contributed by atoms with E-state index in [2.05, 4.69) is 11.0 Å². The van der Waals surface area contributed by atoms with Crippen LogP contribution in [-0.4, -0.2) is 125 Å². The summed E-state index contributed by atoms with van der Waals surface area (Å²) in [5.41, 5.74) is 0.0334. The molecule has 0 radical (unpaired) electrons. The molecule has 1 spiro atoms. The lowest BCUT2D eigenvalue weighted by Crippen LogP contribution is -2.57. The van der Waals surface area contributed by atoms with Gasteiger partial charge in [-0.15, -0.1) is 0 Å². The van der Waals surface area contributed by atoms with Crippen molar-refractivity contribution in [1.29, 1.82) is 0 Å². The van der Waals surface area contributed by atoms with Gasteiger partial charge in [-0.2, -0.15) is 12.7 Å². The summed E-state index contributed by atoms with van der Waals surface area (Å²) in [4.78, 5) is 33.0. The van der Waals surface area contributed by atoms with Gasteiger partial charge in [0.1, 0.15) is 5.75 Å². The molecule has 1 saturated heterocycles. The number of likely N-dealkylation sites (tertiary alicyclic amines) is 1. The number of fused-ring (bicyclic) bond motifs is 4. The van der Waals surface area contributed by atoms with E-state index in [1.165, 1.54) is 30.6 Å². The van der Waals surface area contributed by atoms with Crippen LogP contribution < -0.4 is 14.4 Å². The third-order valence-corrected chi connectivity index (χ3v) is 14.0. The van der Waals surface area contributed by atoms with Gasteiger partial charge in [-0.3, -0.25) is 14.5 Å². The van der Waals surface area contributed by atoms with Gasteiger partial charge in [-0.05, 0) is 91.3 Å². The molecule has 2 aliphatic carbocycles. The number of halogens is 3. The Kier molecular flexibility index (Phi) is 11.5. The molecule has 0 aromatic heterocycles. The van der Waals surface area contributed by atoms with E-state index >= 15 is 0 Å². The number of alkyl halides is 2. The van der Waals surface area contributed by atoms with Gasteiger partial charge in [0.15, 0.2) is 5.60 Å². The van der Waals surface area contributed by atoms with Gasteiger partial charge in [0, 0.05) is 57.8 Å². The van der Waals surface area contributed by atoms with Crippen molar-refractivity contribution in [3.8, 4) is 5.75 Å². The van der Waals surface area contributed by atoms with Crippen LogP contribution in [0.15, 0.2) is 48.6 Å². The molecule has 2 amide bonds. The molecule has 5 atom stereocenters. The molecule has 2 bridgehead atoms. The Balaban J connectivity index is 1.28. The van der Waals surface area contributed by atoms with Crippen LogP contribution in [-0.2, 0) is 42.0 Å². The van der Waals surface area contributed by atoms with Crippen molar-refractivity contribution in [2.75, 3.05) is 78.5 Å². The number of nitrogens with zero attached hydrogens (tertiary/aromatic N) is 4. The summed E-state index contributed by atoms with van der Waals surface area (Å²) in [6, 6.07) is 10.9. The smallest absolute Gasteiger partial charge is 0.303 e. The van der Waals surface area contributed by atoms with Crippen LogP contribution >= 0.6 is 11.6 Å². The Bertz CT molecular complexity index is 1960. The highest BCUT2D eigenvalue weighted by atomic mass is 35.5. The van der Waals surface area contributed by atoms with E-state index in [0.717, 1.165) is 42.0 Å². The standard InChI is InChI=1S/C40H52ClF2N5O7S/c1-45(2)56(52,53)44-37(50)40(51)21-36(49)46(3)16-5-4-8-34(54-18-17-47-24-39(42,43)25-47)31-12-9-28(31)22-48-23-38(26-55-35-14-10-29(40)20-33(35)48)15-6-7-27-19-30(41)11-13-32(27)38/h4,8,10-11,13-14,19-20,28,31,34,51H,5-7,9,12,15-18,21-26H2,1-3H3,(H,44,50)/b8-4-. The fourth-order valence-corrected chi connectivity index (χ4v) is 9.68. The van der Waals surface area contributed by atoms with Crippen LogP contribution in [0, 0.1) is 11.8 Å². The molecule has 16 heteroatoms. The molecule has 12 nitrogen and oxygen atoms in total. The lowest BCUT2D eigenvalue weighted by Gasteiger charge is -2.46. The molecule has 2 N–H and O–H groups in total. The minimum Gasteiger partial charge on any atom is -0.490 e. The van der Waals surface area contributed by atoms with E-state index < -0.39 is 45.4 Å². The van der Waals surface area contributed by atoms with Gasteiger partial charge in [-0.1, -0.05) is 35.9 Å². The fraction of sp³-hybridized carbons (Fsp3) is 0.600. The number of anilines is 1. The first-order valence-corrected chi connectivity index (χ1v) is 21.2. The first-order chi connectivity index (χ1) is 26.5. The molecule has 2 aromatic rings. The van der Waals surface area contributed by atoms with Gasteiger partial charge < -0.3 is 24.4 Å². The Morgan fingerprint density at radius 2 is 1.93 bits per heavy atom. The fourth-order valence-electron chi connectivity index (χ4n) is 8.90. The van der Waals surface area contributed by atoms with Gasteiger partial charge in [-0.25, -0.2) is 13.5 Å². The molecule has 3 aliphatic heterocycles. The molecule has 3 heterocycles. The maximum atomic E-state index is 13.9. The maximum Gasteiger partial charge on any atom is 0.303 e. The third kappa shape index (κ3) is 8.30. The summed E-state index contributed by atoms with van der Waals surface area (Å²) in [6.45, 7) is 1.96. The minimum atomic E-state index is -4.33. The van der Waals surface area contributed by atoms with Crippen LogP contribution in [0.4, 0.5) is 14.5 Å². The lowest BCUT2D eigenvalue weighted by atomic mass is 9.68. The summed E-state index contributed by atoms with van der Waals surface area (Å²) < 4.78 is 68.7. The largest absolute Gasteiger partial charge is 0.490 e. The molecule has 7 rings (SSSR count). The zero-order chi connectivity index (χ0) is 40.0. The average molecular weight is 820 g/mol. The number of amides is 2. The summed E-state index contributed by atoms with van der Waals surface area (Å²) >= 11 is 6.47. The molecule has 2 aromatic carbocycles. The van der Waals surface area contributed by atoms with E-state index in [0.29, 0.717) is 55.7 Å². The van der Waals surface area contributed by atoms with Crippen molar-refractivity contribution < 1.29 is 41.4 Å². The number of carbonyl (C=O) groups excluding carboxylic acids is 2. The normalized spacial score (nSPS) is 30.0. The second-order valence-electron chi connectivity index (χ2n) is 16.5. The van der Waals surface area contributed by atoms with Crippen molar-refractivity contribution in [3.63, 3.8) is 0 Å². The van der Waals surface area contributed by atoms with E-state index in [1.807, 2.05) is 29.0 Å². The van der Waals surface area contributed by atoms with E-state index in [1.54, 1.807) is 24.1 Å². The van der Waals surface area contributed by atoms with E-state index in [-0.39, 0.29) is 43.1 Å². The Morgan fingerprint density at radius 1 is 1.14 bits per heavy atom. The number of hydrogen-bond donors (Lipinski definition) is 2. The van der Waals surface area contributed by atoms with Gasteiger partial charge in [0.25, 0.3) is 11.8 Å². The van der Waals surface area contributed by atoms with E-state index in [9.17, 15) is 31.9 Å². The van der Waals surface area contributed by atoms with Gasteiger partial charge in [0.05, 0.1) is 44.5 Å². The third-order valence-electron chi connectivity index (χ3n) is 12.4. The monoisotopic (exact) mass is 819 g/mol. The number of aliphatic hydroxyl groups is 1. The number of benzene rings is 2. The van der Waals surface area contributed by atoms with Crippen molar-refractivity contribution in [3.05, 3.63) is 70.3 Å². The van der Waals surface area contributed by atoms with Crippen LogP contribution in [0.1, 0.15) is 55.2 Å². The van der Waals surface area contributed by atoms with Crippen molar-refractivity contribution >= 4 is 39.3 Å². The number of hydrogen-bond acceptors (Lipinski definition) is 9. The van der Waals surface area contributed by atoms with Crippen molar-refractivity contribution in [2.24, 2.45) is 11.8 Å². The summed E-state index contributed by atoms with van der Waals surface area (Å²) in [5, 5.41) is 13.0. The molecule has 5 unspecified atom stereocenters. The minimum absolute atomic E-state index is 0.0553. The SMILES string of the molecule is CN1CC/C=C\C(OCCN2CC(F)(F)C2)C2CCC2CN2CC3(CCCc4cc(Cl)ccc43)COc3ccc(cc32)C(O)(C(=O)NS(=O)(=O)N(C)C)CC1=O. The molecule has 56 heavy (non-hydrogen) atoms. The molecule has 5 aliphatic rings. The highest BCUT2D eigenvalue weighted by Gasteiger charge is 2.48. The number of ether oxygens (including phenoxy) is 2. The molecular weight excluding hydrogens is 768 g/mol. The number of rotatable bonds is 7. The summed E-state index contributed by atoms with van der Waals surface area (Å²) in [5.74, 6) is -3.63. The molecular formula is C40H52ClF2N5O7S. The van der Waals surface area contributed by atoms with E-state index in [4.69, 9.17) is 21.1 Å². The second-order valence-corrected chi connectivity index (χ2v) is 18.8. The van der Waals surface area contributed by atoms with Gasteiger partial charge >= 0.3 is 10.2 Å².